The van der Waals surface area contributed by atoms with Gasteiger partial charge >= 0.3 is 0 Å². The van der Waals surface area contributed by atoms with E-state index in [1.807, 2.05) is 16.9 Å². The lowest BCUT2D eigenvalue weighted by Crippen LogP contribution is -2.46. The normalized spacial score (nSPS) is 19.6. The molecule has 0 aliphatic carbocycles. The van der Waals surface area contributed by atoms with Gasteiger partial charge in [0, 0.05) is 32.0 Å². The molecule has 1 aliphatic heterocycles. The number of piperidine rings is 1. The Bertz CT molecular complexity index is 390. The van der Waals surface area contributed by atoms with Crippen molar-refractivity contribution in [2.75, 3.05) is 26.2 Å². The molecule has 1 fully saturated rings. The molecule has 1 aromatic rings. The number of guanidine groups is 1. The maximum absolute atomic E-state index is 4.72. The summed E-state index contributed by atoms with van der Waals surface area (Å²) in [5, 5.41) is 7.60. The molecule has 1 unspecified atom stereocenters. The van der Waals surface area contributed by atoms with Crippen LogP contribution in [-0.4, -0.2) is 46.8 Å². The summed E-state index contributed by atoms with van der Waals surface area (Å²) in [4.78, 5) is 7.11. The van der Waals surface area contributed by atoms with Crippen molar-refractivity contribution in [3.63, 3.8) is 0 Å². The molecule has 1 N–H and O–H groups in total. The van der Waals surface area contributed by atoms with E-state index >= 15 is 0 Å². The van der Waals surface area contributed by atoms with Gasteiger partial charge in [-0.25, -0.2) is 0 Å². The van der Waals surface area contributed by atoms with Crippen LogP contribution in [-0.2, 0) is 6.54 Å². The molecule has 0 saturated carbocycles. The Balaban J connectivity index is 0.00000200. The van der Waals surface area contributed by atoms with Crippen molar-refractivity contribution in [1.82, 2.24) is 20.0 Å². The largest absolute Gasteiger partial charge is 0.357 e. The van der Waals surface area contributed by atoms with Crippen LogP contribution in [0.3, 0.4) is 0 Å². The van der Waals surface area contributed by atoms with Crippen LogP contribution >= 0.6 is 24.0 Å². The molecular formula is C14H26IN5. The van der Waals surface area contributed by atoms with E-state index in [-0.39, 0.29) is 24.0 Å². The SMILES string of the molecule is CCNC(=NCCn1cccn1)N1CCCC(C)C1.I. The second-order valence-electron chi connectivity index (χ2n) is 5.20. The van der Waals surface area contributed by atoms with Crippen LogP contribution < -0.4 is 5.32 Å². The van der Waals surface area contributed by atoms with Gasteiger partial charge in [-0.05, 0) is 31.7 Å². The Labute approximate surface area is 138 Å². The fraction of sp³-hybridized carbons (Fsp3) is 0.714. The molecule has 2 heterocycles. The second-order valence-corrected chi connectivity index (χ2v) is 5.20. The molecule has 6 heteroatoms. The van der Waals surface area contributed by atoms with Crippen molar-refractivity contribution in [2.45, 2.75) is 33.2 Å². The Morgan fingerprint density at radius 3 is 3.00 bits per heavy atom. The van der Waals surface area contributed by atoms with E-state index < -0.39 is 0 Å². The van der Waals surface area contributed by atoms with Crippen LogP contribution in [0.15, 0.2) is 23.5 Å². The zero-order valence-electron chi connectivity index (χ0n) is 12.5. The molecular weight excluding hydrogens is 365 g/mol. The number of nitrogens with one attached hydrogen (secondary N) is 1. The summed E-state index contributed by atoms with van der Waals surface area (Å²) >= 11 is 0. The summed E-state index contributed by atoms with van der Waals surface area (Å²) < 4.78 is 1.92. The van der Waals surface area contributed by atoms with Gasteiger partial charge < -0.3 is 10.2 Å². The topological polar surface area (TPSA) is 45.5 Å². The molecule has 0 spiro atoms. The first kappa shape index (κ1) is 17.3. The van der Waals surface area contributed by atoms with Gasteiger partial charge in [-0.15, -0.1) is 24.0 Å². The summed E-state index contributed by atoms with van der Waals surface area (Å²) in [7, 11) is 0. The molecule has 20 heavy (non-hydrogen) atoms. The van der Waals surface area contributed by atoms with Gasteiger partial charge in [0.1, 0.15) is 0 Å². The molecule has 2 rings (SSSR count). The van der Waals surface area contributed by atoms with Gasteiger partial charge in [0.25, 0.3) is 0 Å². The highest BCUT2D eigenvalue weighted by Gasteiger charge is 2.18. The Morgan fingerprint density at radius 2 is 2.35 bits per heavy atom. The summed E-state index contributed by atoms with van der Waals surface area (Å²) in [6, 6.07) is 1.95. The highest BCUT2D eigenvalue weighted by molar-refractivity contribution is 14.0. The molecule has 114 valence electrons. The van der Waals surface area contributed by atoms with Crippen LogP contribution in [0.4, 0.5) is 0 Å². The van der Waals surface area contributed by atoms with Crippen LogP contribution in [0.5, 0.6) is 0 Å². The summed E-state index contributed by atoms with van der Waals surface area (Å²) in [6.45, 7) is 9.22. The Kier molecular flexibility index (Phi) is 7.94. The number of aliphatic imine (C=N–C) groups is 1. The van der Waals surface area contributed by atoms with E-state index in [2.05, 4.69) is 29.2 Å². The maximum Gasteiger partial charge on any atom is 0.193 e. The molecule has 5 nitrogen and oxygen atoms in total. The minimum atomic E-state index is 0. The smallest absolute Gasteiger partial charge is 0.193 e. The van der Waals surface area contributed by atoms with Gasteiger partial charge in [-0.2, -0.15) is 5.10 Å². The van der Waals surface area contributed by atoms with E-state index in [9.17, 15) is 0 Å². The summed E-state index contributed by atoms with van der Waals surface area (Å²) in [5.74, 6) is 1.82. The number of halogens is 1. The number of nitrogens with zero attached hydrogens (tertiary/aromatic N) is 4. The second kappa shape index (κ2) is 9.20. The van der Waals surface area contributed by atoms with E-state index in [0.717, 1.165) is 44.6 Å². The average Bonchev–Trinajstić information content (AvgIpc) is 2.91. The molecule has 0 amide bonds. The molecule has 1 aromatic heterocycles. The molecule has 1 saturated heterocycles. The lowest BCUT2D eigenvalue weighted by molar-refractivity contribution is 0.266. The highest BCUT2D eigenvalue weighted by Crippen LogP contribution is 2.15. The van der Waals surface area contributed by atoms with Gasteiger partial charge in [-0.1, -0.05) is 6.92 Å². The number of likely N-dealkylation sites (tertiary alicyclic amines) is 1. The molecule has 0 aromatic carbocycles. The molecule has 1 aliphatic rings. The van der Waals surface area contributed by atoms with Crippen molar-refractivity contribution >= 4 is 29.9 Å². The first-order valence-corrected chi connectivity index (χ1v) is 7.30. The van der Waals surface area contributed by atoms with Gasteiger partial charge in [0.2, 0.25) is 0 Å². The predicted molar refractivity (Wildman–Crippen MR) is 93.6 cm³/mol. The Hall–Kier alpha value is -0.790. The van der Waals surface area contributed by atoms with Crippen LogP contribution in [0, 0.1) is 5.92 Å². The lowest BCUT2D eigenvalue weighted by atomic mass is 10.0. The van der Waals surface area contributed by atoms with Crippen LogP contribution in [0.2, 0.25) is 0 Å². The Morgan fingerprint density at radius 1 is 1.50 bits per heavy atom. The summed E-state index contributed by atoms with van der Waals surface area (Å²) in [6.07, 6.45) is 6.39. The number of rotatable bonds is 4. The van der Waals surface area contributed by atoms with E-state index in [4.69, 9.17) is 4.99 Å². The number of hydrogen-bond donors (Lipinski definition) is 1. The first-order chi connectivity index (χ1) is 9.29. The van der Waals surface area contributed by atoms with Gasteiger partial charge in [0.15, 0.2) is 5.96 Å². The third-order valence-electron chi connectivity index (χ3n) is 3.44. The van der Waals surface area contributed by atoms with E-state index in [1.165, 1.54) is 12.8 Å². The minimum absolute atomic E-state index is 0. The minimum Gasteiger partial charge on any atom is -0.357 e. The molecule has 1 atom stereocenters. The number of hydrogen-bond acceptors (Lipinski definition) is 2. The summed E-state index contributed by atoms with van der Waals surface area (Å²) in [5.41, 5.74) is 0. The maximum atomic E-state index is 4.72. The first-order valence-electron chi connectivity index (χ1n) is 7.30. The fourth-order valence-corrected chi connectivity index (χ4v) is 2.50. The fourth-order valence-electron chi connectivity index (χ4n) is 2.50. The van der Waals surface area contributed by atoms with Crippen LogP contribution in [0.25, 0.3) is 0 Å². The third-order valence-corrected chi connectivity index (χ3v) is 3.44. The van der Waals surface area contributed by atoms with Crippen molar-refractivity contribution in [2.24, 2.45) is 10.9 Å². The van der Waals surface area contributed by atoms with Gasteiger partial charge in [-0.3, -0.25) is 9.67 Å². The van der Waals surface area contributed by atoms with E-state index in [1.54, 1.807) is 6.20 Å². The average molecular weight is 391 g/mol. The zero-order chi connectivity index (χ0) is 13.5. The lowest BCUT2D eigenvalue weighted by Gasteiger charge is -2.33. The quantitative estimate of drug-likeness (QED) is 0.486. The highest BCUT2D eigenvalue weighted by atomic mass is 127. The van der Waals surface area contributed by atoms with Crippen molar-refractivity contribution in [3.8, 4) is 0 Å². The third kappa shape index (κ3) is 5.30. The van der Waals surface area contributed by atoms with E-state index in [0.29, 0.717) is 0 Å². The molecule has 0 bridgehead atoms. The standard InChI is InChI=1S/C14H25N5.HI/c1-3-15-14(18-9-4-6-13(2)12-18)16-8-11-19-10-5-7-17-19;/h5,7,10,13H,3-4,6,8-9,11-12H2,1-2H3,(H,15,16);1H. The monoisotopic (exact) mass is 391 g/mol. The van der Waals surface area contributed by atoms with Crippen molar-refractivity contribution < 1.29 is 0 Å². The van der Waals surface area contributed by atoms with Gasteiger partial charge in [0.05, 0.1) is 13.1 Å². The van der Waals surface area contributed by atoms with Crippen LogP contribution in [0.1, 0.15) is 26.7 Å². The van der Waals surface area contributed by atoms with Crippen molar-refractivity contribution in [1.29, 1.82) is 0 Å². The van der Waals surface area contributed by atoms with Crippen molar-refractivity contribution in [3.05, 3.63) is 18.5 Å². The predicted octanol–water partition coefficient (Wildman–Crippen LogP) is 2.20. The number of aromatic nitrogens is 2. The zero-order valence-corrected chi connectivity index (χ0v) is 14.8. The molecule has 0 radical (unpaired) electrons.